The van der Waals surface area contributed by atoms with Gasteiger partial charge in [0.15, 0.2) is 0 Å². The number of rotatable bonds is 36. The minimum atomic E-state index is -4.62. The monoisotopic (exact) mass is 694 g/mol. The molecule has 0 aromatic heterocycles. The van der Waals surface area contributed by atoms with Crippen molar-refractivity contribution in [1.29, 1.82) is 0 Å². The Morgan fingerprint density at radius 1 is 0.489 bits per heavy atom. The van der Waals surface area contributed by atoms with Crippen LogP contribution in [-0.4, -0.2) is 65.7 Å². The molecule has 0 aliphatic rings. The lowest BCUT2D eigenvalue weighted by Gasteiger charge is -2.20. The molecule has 0 fully saturated rings. The third-order valence-corrected chi connectivity index (χ3v) is 9.27. The largest absolute Gasteiger partial charge is 0.472 e. The molecule has 47 heavy (non-hydrogen) atoms. The lowest BCUT2D eigenvalue weighted by Crippen LogP contribution is -2.28. The highest BCUT2D eigenvalue weighted by Gasteiger charge is 2.27. The van der Waals surface area contributed by atoms with Crippen molar-refractivity contribution in [3.63, 3.8) is 0 Å². The molecule has 0 heterocycles. The molecule has 0 aliphatic carbocycles. The molecule has 2 atom stereocenters. The number of phosphoric acid groups is 1. The first-order valence-corrected chi connectivity index (χ1v) is 20.5. The lowest BCUT2D eigenvalue weighted by atomic mass is 10.0. The molecule has 0 rings (SSSR count). The summed E-state index contributed by atoms with van der Waals surface area (Å²) in [6, 6.07) is 0. The van der Waals surface area contributed by atoms with Gasteiger partial charge in [0.25, 0.3) is 0 Å². The maximum absolute atomic E-state index is 12.3. The van der Waals surface area contributed by atoms with Crippen molar-refractivity contribution in [2.24, 2.45) is 0 Å². The number of ether oxygens (including phenoxy) is 2. The van der Waals surface area contributed by atoms with Crippen LogP contribution in [0.3, 0.4) is 0 Å². The predicted molar refractivity (Wildman–Crippen MR) is 187 cm³/mol. The Labute approximate surface area is 286 Å². The van der Waals surface area contributed by atoms with Crippen LogP contribution in [0.15, 0.2) is 0 Å². The molecule has 0 radical (unpaired) electrons. The average Bonchev–Trinajstić information content (AvgIpc) is 3.05. The zero-order valence-electron chi connectivity index (χ0n) is 30.0. The second-order valence-electron chi connectivity index (χ2n) is 12.9. The van der Waals surface area contributed by atoms with Crippen molar-refractivity contribution < 1.29 is 47.8 Å². The van der Waals surface area contributed by atoms with Crippen molar-refractivity contribution >= 4 is 19.8 Å². The SMILES string of the molecule is CCCCCCCCCCCCCCC(=O)OC(CO)COP(=O)(O)OCC(CO)OC(=O)CCCCCCCCCCCCCC. The number of carbonyl (C=O) groups is 2. The number of hydrogen-bond acceptors (Lipinski definition) is 9. The van der Waals surface area contributed by atoms with Crippen molar-refractivity contribution in [2.75, 3.05) is 26.4 Å². The average molecular weight is 695 g/mol. The fourth-order valence-electron chi connectivity index (χ4n) is 5.35. The van der Waals surface area contributed by atoms with Crippen LogP contribution < -0.4 is 0 Å². The number of esters is 2. The molecule has 0 bridgehead atoms. The quantitative estimate of drug-likeness (QED) is 0.0329. The van der Waals surface area contributed by atoms with E-state index in [0.29, 0.717) is 12.8 Å². The Morgan fingerprint density at radius 3 is 1.00 bits per heavy atom. The molecule has 0 aromatic carbocycles. The molecule has 0 aliphatic heterocycles. The number of hydrogen-bond donors (Lipinski definition) is 3. The Balaban J connectivity index is 3.97. The van der Waals surface area contributed by atoms with Gasteiger partial charge < -0.3 is 24.6 Å². The zero-order chi connectivity index (χ0) is 34.9. The second kappa shape index (κ2) is 33.5. The minimum Gasteiger partial charge on any atom is -0.457 e. The molecular weight excluding hydrogens is 623 g/mol. The van der Waals surface area contributed by atoms with Gasteiger partial charge in [-0.15, -0.1) is 0 Å². The Kier molecular flexibility index (Phi) is 32.7. The number of phosphoric ester groups is 1. The van der Waals surface area contributed by atoms with Crippen LogP contribution in [0.1, 0.15) is 181 Å². The molecule has 3 N–H and O–H groups in total. The molecule has 0 amide bonds. The highest BCUT2D eigenvalue weighted by molar-refractivity contribution is 7.47. The summed E-state index contributed by atoms with van der Waals surface area (Å²) >= 11 is 0. The van der Waals surface area contributed by atoms with Crippen molar-refractivity contribution in [2.45, 2.75) is 193 Å². The van der Waals surface area contributed by atoms with E-state index in [1.54, 1.807) is 0 Å². The summed E-state index contributed by atoms with van der Waals surface area (Å²) in [5.74, 6) is -1.01. The molecule has 0 aromatic rings. The van der Waals surface area contributed by atoms with E-state index in [-0.39, 0.29) is 12.8 Å². The number of carbonyl (C=O) groups excluding carboxylic acids is 2. The molecule has 2 unspecified atom stereocenters. The second-order valence-corrected chi connectivity index (χ2v) is 14.4. The van der Waals surface area contributed by atoms with E-state index < -0.39 is 58.4 Å². The van der Waals surface area contributed by atoms with E-state index in [2.05, 4.69) is 13.8 Å². The van der Waals surface area contributed by atoms with E-state index in [0.717, 1.165) is 38.5 Å². The topological polar surface area (TPSA) is 149 Å². The maximum atomic E-state index is 12.3. The van der Waals surface area contributed by atoms with Gasteiger partial charge in [0.1, 0.15) is 12.2 Å². The summed E-state index contributed by atoms with van der Waals surface area (Å²) in [4.78, 5) is 34.3. The Hall–Kier alpha value is -1.03. The first-order valence-electron chi connectivity index (χ1n) is 19.0. The molecule has 0 saturated carbocycles. The lowest BCUT2D eigenvalue weighted by molar-refractivity contribution is -0.153. The highest BCUT2D eigenvalue weighted by atomic mass is 31.2. The predicted octanol–water partition coefficient (Wildman–Crippen LogP) is 9.11. The fraction of sp³-hybridized carbons (Fsp3) is 0.944. The number of aliphatic hydroxyl groups excluding tert-OH is 2. The van der Waals surface area contributed by atoms with Crippen LogP contribution in [0, 0.1) is 0 Å². The van der Waals surface area contributed by atoms with Crippen molar-refractivity contribution in [3.8, 4) is 0 Å². The summed E-state index contributed by atoms with van der Waals surface area (Å²) in [6.45, 7) is 2.20. The van der Waals surface area contributed by atoms with Crippen LogP contribution >= 0.6 is 7.82 Å². The standard InChI is InChI=1S/C36H71O10P/c1-3-5-7-9-11-13-15-17-19-21-23-25-27-35(39)45-33(29-37)31-43-47(41,42)44-32-34(30-38)46-36(40)28-26-24-22-20-18-16-14-12-10-8-6-4-2/h33-34,37-38H,3-32H2,1-2H3,(H,41,42). The van der Waals surface area contributed by atoms with Gasteiger partial charge in [0, 0.05) is 12.8 Å². The van der Waals surface area contributed by atoms with Gasteiger partial charge in [-0.3, -0.25) is 18.6 Å². The first kappa shape index (κ1) is 46.0. The Bertz CT molecular complexity index is 708. The normalized spacial score (nSPS) is 14.1. The van der Waals surface area contributed by atoms with E-state index in [4.69, 9.17) is 18.5 Å². The molecule has 10 nitrogen and oxygen atoms in total. The van der Waals surface area contributed by atoms with E-state index in [1.165, 1.54) is 103 Å². The van der Waals surface area contributed by atoms with Gasteiger partial charge in [-0.1, -0.05) is 155 Å². The molecule has 11 heteroatoms. The summed E-state index contributed by atoms with van der Waals surface area (Å²) in [7, 11) is -4.62. The zero-order valence-corrected chi connectivity index (χ0v) is 30.9. The van der Waals surface area contributed by atoms with Crippen molar-refractivity contribution in [3.05, 3.63) is 0 Å². The summed E-state index contributed by atoms with van der Waals surface area (Å²) in [5, 5.41) is 19.1. The summed E-state index contributed by atoms with van der Waals surface area (Å²) < 4.78 is 32.4. The van der Waals surface area contributed by atoms with Gasteiger partial charge in [-0.25, -0.2) is 4.57 Å². The van der Waals surface area contributed by atoms with Crippen LogP contribution in [0.4, 0.5) is 0 Å². The van der Waals surface area contributed by atoms with Crippen LogP contribution in [-0.2, 0) is 32.7 Å². The Morgan fingerprint density at radius 2 is 0.745 bits per heavy atom. The molecular formula is C36H71O10P. The third kappa shape index (κ3) is 32.0. The fourth-order valence-corrected chi connectivity index (χ4v) is 6.13. The van der Waals surface area contributed by atoms with Crippen LogP contribution in [0.2, 0.25) is 0 Å². The highest BCUT2D eigenvalue weighted by Crippen LogP contribution is 2.43. The van der Waals surface area contributed by atoms with E-state index in [1.807, 2.05) is 0 Å². The summed E-state index contributed by atoms with van der Waals surface area (Å²) in [6.07, 6.45) is 26.5. The van der Waals surface area contributed by atoms with Gasteiger partial charge in [0.2, 0.25) is 0 Å². The van der Waals surface area contributed by atoms with E-state index >= 15 is 0 Å². The van der Waals surface area contributed by atoms with E-state index in [9.17, 15) is 29.3 Å². The number of unbranched alkanes of at least 4 members (excludes halogenated alkanes) is 22. The molecule has 280 valence electrons. The van der Waals surface area contributed by atoms with Gasteiger partial charge in [-0.05, 0) is 12.8 Å². The number of aliphatic hydroxyl groups is 2. The van der Waals surface area contributed by atoms with Gasteiger partial charge in [-0.2, -0.15) is 0 Å². The summed E-state index contributed by atoms with van der Waals surface area (Å²) in [5.41, 5.74) is 0. The van der Waals surface area contributed by atoms with Crippen LogP contribution in [0.5, 0.6) is 0 Å². The third-order valence-electron chi connectivity index (χ3n) is 8.32. The van der Waals surface area contributed by atoms with Crippen LogP contribution in [0.25, 0.3) is 0 Å². The van der Waals surface area contributed by atoms with Gasteiger partial charge >= 0.3 is 19.8 Å². The van der Waals surface area contributed by atoms with Crippen molar-refractivity contribution in [1.82, 2.24) is 0 Å². The molecule has 0 spiro atoms. The maximum Gasteiger partial charge on any atom is 0.472 e. The molecule has 0 saturated heterocycles. The van der Waals surface area contributed by atoms with Gasteiger partial charge in [0.05, 0.1) is 26.4 Å². The first-order chi connectivity index (χ1) is 22.8. The smallest absolute Gasteiger partial charge is 0.457 e. The minimum absolute atomic E-state index is 0.198.